The van der Waals surface area contributed by atoms with Crippen LogP contribution in [0.1, 0.15) is 62.2 Å². The molecule has 210 valence electrons. The fourth-order valence-corrected chi connectivity index (χ4v) is 6.39. The van der Waals surface area contributed by atoms with Crippen molar-refractivity contribution in [2.24, 2.45) is 5.92 Å². The van der Waals surface area contributed by atoms with E-state index in [1.807, 2.05) is 54.6 Å². The third-order valence-electron chi connectivity index (χ3n) is 6.93. The van der Waals surface area contributed by atoms with Gasteiger partial charge >= 0.3 is 5.97 Å². The van der Waals surface area contributed by atoms with Crippen molar-refractivity contribution in [2.75, 3.05) is 13.2 Å². The van der Waals surface area contributed by atoms with Crippen LogP contribution >= 0.6 is 24.0 Å². The van der Waals surface area contributed by atoms with E-state index in [0.29, 0.717) is 24.0 Å². The maximum Gasteiger partial charge on any atom is 0.323 e. The number of allylic oxidation sites excluding steroid dienone is 2. The molecule has 8 heteroatoms. The van der Waals surface area contributed by atoms with Gasteiger partial charge in [0.25, 0.3) is 0 Å². The largest absolute Gasteiger partial charge is 0.489 e. The lowest BCUT2D eigenvalue weighted by Crippen LogP contribution is -2.40. The van der Waals surface area contributed by atoms with Gasteiger partial charge in [0.1, 0.15) is 17.0 Å². The molecule has 0 spiro atoms. The molecule has 0 radical (unpaired) electrons. The number of amides is 1. The highest BCUT2D eigenvalue weighted by atomic mass is 32.2. The predicted molar refractivity (Wildman–Crippen MR) is 164 cm³/mol. The predicted octanol–water partition coefficient (Wildman–Crippen LogP) is 7.57. The molecule has 40 heavy (non-hydrogen) atoms. The highest BCUT2D eigenvalue weighted by Gasteiger charge is 2.30. The average molecular weight is 578 g/mol. The third-order valence-corrected chi connectivity index (χ3v) is 8.32. The monoisotopic (exact) mass is 577 g/mol. The summed E-state index contributed by atoms with van der Waals surface area (Å²) in [6.07, 6.45) is 14.2. The summed E-state index contributed by atoms with van der Waals surface area (Å²) in [4.78, 5) is 25.6. The van der Waals surface area contributed by atoms with Gasteiger partial charge in [-0.1, -0.05) is 104 Å². The van der Waals surface area contributed by atoms with Crippen LogP contribution < -0.4 is 9.47 Å². The lowest BCUT2D eigenvalue weighted by atomic mass is 9.82. The smallest absolute Gasteiger partial charge is 0.323 e. The number of benzene rings is 2. The van der Waals surface area contributed by atoms with Crippen LogP contribution in [-0.2, 0) is 9.59 Å². The zero-order valence-electron chi connectivity index (χ0n) is 22.5. The van der Waals surface area contributed by atoms with Crippen LogP contribution in [0, 0.1) is 5.92 Å². The molecule has 1 N–H and O–H groups in total. The Kier molecular flexibility index (Phi) is 11.0. The first-order valence-electron chi connectivity index (χ1n) is 13.6. The van der Waals surface area contributed by atoms with E-state index in [9.17, 15) is 9.59 Å². The van der Waals surface area contributed by atoms with Gasteiger partial charge in [-0.15, -0.1) is 0 Å². The van der Waals surface area contributed by atoms with E-state index in [2.05, 4.69) is 18.7 Å². The Morgan fingerprint density at radius 2 is 1.93 bits per heavy atom. The van der Waals surface area contributed by atoms with E-state index in [-0.39, 0.29) is 22.8 Å². The SMILES string of the molecule is C=C/C=C/CCOc1ccc(/C=C2/CC(=O)N(CC(=O)O)C(=S)S2)cc1OC(c1ccccc1)C1CCCCC1. The average Bonchev–Trinajstić information content (AvgIpc) is 2.95. The van der Waals surface area contributed by atoms with Gasteiger partial charge in [0, 0.05) is 10.8 Å². The number of nitrogens with zero attached hydrogens (tertiary/aromatic N) is 1. The molecule has 6 nitrogen and oxygen atoms in total. The molecule has 1 saturated heterocycles. The maximum absolute atomic E-state index is 12.6. The molecule has 0 aromatic heterocycles. The van der Waals surface area contributed by atoms with Crippen molar-refractivity contribution >= 4 is 46.3 Å². The molecule has 1 amide bonds. The maximum atomic E-state index is 12.6. The molecular formula is C32H35NO5S2. The molecule has 2 fully saturated rings. The minimum Gasteiger partial charge on any atom is -0.489 e. The summed E-state index contributed by atoms with van der Waals surface area (Å²) in [5, 5.41) is 9.10. The molecular weight excluding hydrogens is 542 g/mol. The second-order valence-electron chi connectivity index (χ2n) is 9.88. The van der Waals surface area contributed by atoms with E-state index in [0.717, 1.165) is 40.2 Å². The second-order valence-corrected chi connectivity index (χ2v) is 11.6. The lowest BCUT2D eigenvalue weighted by Gasteiger charge is -2.31. The Labute approximate surface area is 245 Å². The number of thioether (sulfide) groups is 1. The number of carbonyl (C=O) groups excluding carboxylic acids is 1. The molecule has 0 bridgehead atoms. The summed E-state index contributed by atoms with van der Waals surface area (Å²) in [6.45, 7) is 3.78. The Bertz CT molecular complexity index is 1250. The summed E-state index contributed by atoms with van der Waals surface area (Å²) < 4.78 is 13.2. The van der Waals surface area contributed by atoms with Gasteiger partial charge in [-0.3, -0.25) is 14.5 Å². The lowest BCUT2D eigenvalue weighted by molar-refractivity contribution is -0.141. The minimum absolute atomic E-state index is 0.0941. The highest BCUT2D eigenvalue weighted by molar-refractivity contribution is 8.25. The number of thiocarbonyl (C=S) groups is 1. The Morgan fingerprint density at radius 3 is 2.62 bits per heavy atom. The fraction of sp³-hybridized carbons (Fsp3) is 0.344. The van der Waals surface area contributed by atoms with Gasteiger partial charge in [-0.25, -0.2) is 0 Å². The van der Waals surface area contributed by atoms with Crippen molar-refractivity contribution < 1.29 is 24.2 Å². The van der Waals surface area contributed by atoms with Crippen molar-refractivity contribution in [3.05, 3.63) is 89.4 Å². The van der Waals surface area contributed by atoms with E-state index in [1.165, 1.54) is 31.0 Å². The van der Waals surface area contributed by atoms with E-state index < -0.39 is 12.5 Å². The van der Waals surface area contributed by atoms with Crippen molar-refractivity contribution in [3.63, 3.8) is 0 Å². The number of rotatable bonds is 12. The molecule has 2 aromatic carbocycles. The zero-order chi connectivity index (χ0) is 28.3. The minimum atomic E-state index is -1.09. The number of carbonyl (C=O) groups is 2. The van der Waals surface area contributed by atoms with Crippen LogP contribution in [0.3, 0.4) is 0 Å². The van der Waals surface area contributed by atoms with Gasteiger partial charge in [0.2, 0.25) is 5.91 Å². The zero-order valence-corrected chi connectivity index (χ0v) is 24.1. The topological polar surface area (TPSA) is 76.1 Å². The van der Waals surface area contributed by atoms with E-state index >= 15 is 0 Å². The van der Waals surface area contributed by atoms with Crippen LogP contribution in [0.25, 0.3) is 6.08 Å². The van der Waals surface area contributed by atoms with Crippen molar-refractivity contribution in [2.45, 2.75) is 51.0 Å². The first-order chi connectivity index (χ1) is 19.4. The normalized spacial score (nSPS) is 18.2. The standard InChI is InChI=1S/C32H35NO5S2/c1-2-3-4-11-18-37-27-17-16-23(19-26-21-29(34)33(22-30(35)36)32(39)40-26)20-28(27)38-31(24-12-7-5-8-13-24)25-14-9-6-10-15-25/h2-5,7-8,12-13,16-17,19-20,25,31H,1,6,9-11,14-15,18,21-22H2,(H,35,36)/b4-3+,26-19-. The summed E-state index contributed by atoms with van der Waals surface area (Å²) in [5.74, 6) is 0.325. The second kappa shape index (κ2) is 14.9. The van der Waals surface area contributed by atoms with Crippen molar-refractivity contribution in [3.8, 4) is 11.5 Å². The van der Waals surface area contributed by atoms with Gasteiger partial charge in [0.15, 0.2) is 11.5 Å². The molecule has 1 heterocycles. The Balaban J connectivity index is 1.62. The first kappa shape index (κ1) is 29.6. The molecule has 1 atom stereocenters. The number of carboxylic acid groups (broad SMARTS) is 1. The van der Waals surface area contributed by atoms with Crippen LogP contribution in [-0.4, -0.2) is 39.4 Å². The molecule has 1 aliphatic carbocycles. The number of aliphatic carboxylic acids is 1. The van der Waals surface area contributed by atoms with Gasteiger partial charge in [-0.2, -0.15) is 0 Å². The van der Waals surface area contributed by atoms with Gasteiger partial charge in [-0.05, 0) is 48.6 Å². The molecule has 1 saturated carbocycles. The van der Waals surface area contributed by atoms with E-state index in [4.69, 9.17) is 26.8 Å². The summed E-state index contributed by atoms with van der Waals surface area (Å²) in [6, 6.07) is 16.2. The third kappa shape index (κ3) is 8.32. The van der Waals surface area contributed by atoms with Crippen molar-refractivity contribution in [1.29, 1.82) is 0 Å². The van der Waals surface area contributed by atoms with Crippen molar-refractivity contribution in [1.82, 2.24) is 4.90 Å². The summed E-state index contributed by atoms with van der Waals surface area (Å²) in [7, 11) is 0. The highest BCUT2D eigenvalue weighted by Crippen LogP contribution is 2.41. The first-order valence-corrected chi connectivity index (χ1v) is 14.9. The molecule has 4 rings (SSSR count). The number of ether oxygens (including phenoxy) is 2. The molecule has 1 aliphatic heterocycles. The number of carboxylic acids is 1. The molecule has 2 aliphatic rings. The van der Waals surface area contributed by atoms with Crippen LogP contribution in [0.4, 0.5) is 0 Å². The Morgan fingerprint density at radius 1 is 1.15 bits per heavy atom. The van der Waals surface area contributed by atoms with Gasteiger partial charge < -0.3 is 14.6 Å². The summed E-state index contributed by atoms with van der Waals surface area (Å²) in [5.41, 5.74) is 2.00. The quantitative estimate of drug-likeness (QED) is 0.158. The van der Waals surface area contributed by atoms with Crippen LogP contribution in [0.5, 0.6) is 11.5 Å². The van der Waals surface area contributed by atoms with Crippen LogP contribution in [0.2, 0.25) is 0 Å². The molecule has 2 aromatic rings. The van der Waals surface area contributed by atoms with E-state index in [1.54, 1.807) is 6.08 Å². The van der Waals surface area contributed by atoms with Crippen LogP contribution in [0.15, 0.2) is 78.2 Å². The number of hydrogen-bond donors (Lipinski definition) is 1. The summed E-state index contributed by atoms with van der Waals surface area (Å²) >= 11 is 6.58. The van der Waals surface area contributed by atoms with Gasteiger partial charge in [0.05, 0.1) is 13.0 Å². The fourth-order valence-electron chi connectivity index (χ4n) is 5.01. The molecule has 1 unspecified atom stereocenters. The Hall–Kier alpha value is -3.36. The number of hydrogen-bond acceptors (Lipinski definition) is 6.